The largest absolute Gasteiger partial charge is 0.351 e. The predicted octanol–water partition coefficient (Wildman–Crippen LogP) is 1.76. The quantitative estimate of drug-likeness (QED) is 0.726. The molecule has 0 saturated heterocycles. The molecule has 0 fully saturated rings. The van der Waals surface area contributed by atoms with Crippen molar-refractivity contribution < 1.29 is 17.8 Å². The number of nitrogens with one attached hydrogen (secondary N) is 1. The van der Waals surface area contributed by atoms with Crippen molar-refractivity contribution in [2.75, 3.05) is 5.75 Å². The predicted molar refractivity (Wildman–Crippen MR) is 84.6 cm³/mol. The van der Waals surface area contributed by atoms with Gasteiger partial charge in [-0.3, -0.25) is 4.79 Å². The second-order valence-electron chi connectivity index (χ2n) is 4.81. The highest BCUT2D eigenvalue weighted by atomic mass is 32.2. The molecule has 0 bridgehead atoms. The van der Waals surface area contributed by atoms with Crippen LogP contribution in [0.2, 0.25) is 0 Å². The van der Waals surface area contributed by atoms with Gasteiger partial charge in [0, 0.05) is 11.3 Å². The average molecular weight is 351 g/mol. The van der Waals surface area contributed by atoms with Gasteiger partial charge in [0.25, 0.3) is 0 Å². The van der Waals surface area contributed by atoms with E-state index < -0.39 is 9.84 Å². The molecule has 0 radical (unpaired) electrons. The zero-order chi connectivity index (χ0) is 16.3. The first-order chi connectivity index (χ1) is 11.1. The van der Waals surface area contributed by atoms with Crippen molar-refractivity contribution >= 4 is 38.1 Å². The summed E-state index contributed by atoms with van der Waals surface area (Å²) in [5.74, 6) is -0.609. The smallest absolute Gasteiger partial charge is 0.221 e. The molecule has 0 atom stereocenters. The monoisotopic (exact) mass is 351 g/mol. The lowest BCUT2D eigenvalue weighted by Gasteiger charge is -2.05. The maximum atomic E-state index is 12.4. The van der Waals surface area contributed by atoms with Crippen LogP contribution < -0.4 is 5.32 Å². The number of benzene rings is 1. The van der Waals surface area contributed by atoms with Crippen molar-refractivity contribution in [3.63, 3.8) is 0 Å². The molecule has 9 heteroatoms. The van der Waals surface area contributed by atoms with Gasteiger partial charge in [0.15, 0.2) is 15.4 Å². The Balaban J connectivity index is 1.64. The van der Waals surface area contributed by atoms with Gasteiger partial charge >= 0.3 is 0 Å². The Morgan fingerprint density at radius 3 is 2.87 bits per heavy atom. The number of rotatable bonds is 6. The standard InChI is InChI=1S/C14H13N3O4S2/c18-13(15-9-10-3-2-7-22-10)6-8-23(19,20)12-5-1-4-11-14(12)17-21-16-11/h1-5,7H,6,8-9H2,(H,15,18). The molecular formula is C14H13N3O4S2. The van der Waals surface area contributed by atoms with E-state index in [4.69, 9.17) is 0 Å². The summed E-state index contributed by atoms with van der Waals surface area (Å²) in [6.07, 6.45) is -0.116. The topological polar surface area (TPSA) is 102 Å². The second kappa shape index (κ2) is 6.47. The third-order valence-electron chi connectivity index (χ3n) is 3.22. The molecule has 3 rings (SSSR count). The van der Waals surface area contributed by atoms with Crippen LogP contribution in [0, 0.1) is 0 Å². The summed E-state index contributed by atoms with van der Waals surface area (Å²) in [5.41, 5.74) is 0.555. The van der Waals surface area contributed by atoms with Crippen molar-refractivity contribution in [3.8, 4) is 0 Å². The first-order valence-corrected chi connectivity index (χ1v) is 9.32. The van der Waals surface area contributed by atoms with Gasteiger partial charge in [0.05, 0.1) is 17.2 Å². The lowest BCUT2D eigenvalue weighted by molar-refractivity contribution is -0.120. The van der Waals surface area contributed by atoms with Crippen LogP contribution in [0.3, 0.4) is 0 Å². The molecule has 2 heterocycles. The molecular weight excluding hydrogens is 338 g/mol. The number of fused-ring (bicyclic) bond motifs is 1. The molecule has 23 heavy (non-hydrogen) atoms. The summed E-state index contributed by atoms with van der Waals surface area (Å²) in [7, 11) is -3.64. The summed E-state index contributed by atoms with van der Waals surface area (Å²) in [6, 6.07) is 8.41. The van der Waals surface area contributed by atoms with Gasteiger partial charge in [-0.2, -0.15) is 0 Å². The number of carbonyl (C=O) groups excluding carboxylic acids is 1. The fourth-order valence-electron chi connectivity index (χ4n) is 2.06. The van der Waals surface area contributed by atoms with Gasteiger partial charge in [-0.15, -0.1) is 11.3 Å². The van der Waals surface area contributed by atoms with Crippen LogP contribution in [0.4, 0.5) is 0 Å². The van der Waals surface area contributed by atoms with E-state index in [1.165, 1.54) is 17.4 Å². The first-order valence-electron chi connectivity index (χ1n) is 6.79. The summed E-state index contributed by atoms with van der Waals surface area (Å²) in [5, 5.41) is 11.9. The molecule has 0 aliphatic heterocycles. The minimum atomic E-state index is -3.64. The Bertz CT molecular complexity index is 917. The van der Waals surface area contributed by atoms with Crippen molar-refractivity contribution in [3.05, 3.63) is 40.6 Å². The van der Waals surface area contributed by atoms with Crippen molar-refractivity contribution in [2.24, 2.45) is 0 Å². The Kier molecular flexibility index (Phi) is 4.39. The second-order valence-corrected chi connectivity index (χ2v) is 7.92. The molecule has 7 nitrogen and oxygen atoms in total. The SMILES string of the molecule is O=C(CCS(=O)(=O)c1cccc2nonc12)NCc1cccs1. The van der Waals surface area contributed by atoms with Gasteiger partial charge in [-0.05, 0) is 33.9 Å². The van der Waals surface area contributed by atoms with Crippen LogP contribution in [0.1, 0.15) is 11.3 Å². The third-order valence-corrected chi connectivity index (χ3v) is 5.84. The number of sulfone groups is 1. The normalized spacial score (nSPS) is 11.7. The molecule has 0 aliphatic carbocycles. The number of hydrogen-bond acceptors (Lipinski definition) is 7. The first kappa shape index (κ1) is 15.6. The zero-order valence-corrected chi connectivity index (χ0v) is 13.6. The molecule has 0 unspecified atom stereocenters. The lowest BCUT2D eigenvalue weighted by Crippen LogP contribution is -2.24. The van der Waals surface area contributed by atoms with Gasteiger partial charge in [-0.25, -0.2) is 13.0 Å². The van der Waals surface area contributed by atoms with Crippen molar-refractivity contribution in [1.82, 2.24) is 15.6 Å². The number of thiophene rings is 1. The van der Waals surface area contributed by atoms with E-state index >= 15 is 0 Å². The number of nitrogens with zero attached hydrogens (tertiary/aromatic N) is 2. The van der Waals surface area contributed by atoms with Crippen LogP contribution in [-0.2, 0) is 21.2 Å². The van der Waals surface area contributed by atoms with E-state index in [0.717, 1.165) is 4.88 Å². The van der Waals surface area contributed by atoms with Crippen molar-refractivity contribution in [1.29, 1.82) is 0 Å². The molecule has 0 aliphatic rings. The Morgan fingerprint density at radius 1 is 1.22 bits per heavy atom. The number of amides is 1. The number of hydrogen-bond donors (Lipinski definition) is 1. The van der Waals surface area contributed by atoms with Crippen LogP contribution >= 0.6 is 11.3 Å². The summed E-state index contributed by atoms with van der Waals surface area (Å²) >= 11 is 1.53. The van der Waals surface area contributed by atoms with Crippen LogP contribution in [0.15, 0.2) is 45.2 Å². The molecule has 0 saturated carbocycles. The Morgan fingerprint density at radius 2 is 2.09 bits per heavy atom. The fourth-order valence-corrected chi connectivity index (χ4v) is 4.10. The van der Waals surface area contributed by atoms with E-state index in [2.05, 4.69) is 20.3 Å². The van der Waals surface area contributed by atoms with Gasteiger partial charge < -0.3 is 5.32 Å². The maximum Gasteiger partial charge on any atom is 0.221 e. The van der Waals surface area contributed by atoms with E-state index in [9.17, 15) is 13.2 Å². The van der Waals surface area contributed by atoms with E-state index in [1.807, 2.05) is 17.5 Å². The molecule has 0 spiro atoms. The highest BCUT2D eigenvalue weighted by Gasteiger charge is 2.21. The van der Waals surface area contributed by atoms with Gasteiger partial charge in [0.2, 0.25) is 5.91 Å². The minimum absolute atomic E-state index is 0.0299. The zero-order valence-electron chi connectivity index (χ0n) is 11.9. The molecule has 1 amide bonds. The van der Waals surface area contributed by atoms with Crippen molar-refractivity contribution in [2.45, 2.75) is 17.9 Å². The highest BCUT2D eigenvalue weighted by molar-refractivity contribution is 7.91. The molecule has 120 valence electrons. The van der Waals surface area contributed by atoms with Gasteiger partial charge in [0.1, 0.15) is 5.52 Å². The molecule has 1 N–H and O–H groups in total. The van der Waals surface area contributed by atoms with Crippen LogP contribution in [-0.4, -0.2) is 30.4 Å². The summed E-state index contributed by atoms with van der Waals surface area (Å²) in [4.78, 5) is 12.9. The summed E-state index contributed by atoms with van der Waals surface area (Å²) < 4.78 is 29.4. The summed E-state index contributed by atoms with van der Waals surface area (Å²) in [6.45, 7) is 0.402. The minimum Gasteiger partial charge on any atom is -0.351 e. The Hall–Kier alpha value is -2.26. The number of carbonyl (C=O) groups is 1. The third kappa shape index (κ3) is 3.57. The van der Waals surface area contributed by atoms with Crippen LogP contribution in [0.25, 0.3) is 11.0 Å². The average Bonchev–Trinajstić information content (AvgIpc) is 3.21. The molecule has 3 aromatic rings. The maximum absolute atomic E-state index is 12.4. The fraction of sp³-hybridized carbons (Fsp3) is 0.214. The lowest BCUT2D eigenvalue weighted by atomic mass is 10.3. The molecule has 1 aromatic carbocycles. The van der Waals surface area contributed by atoms with E-state index in [-0.39, 0.29) is 28.5 Å². The number of aromatic nitrogens is 2. The van der Waals surface area contributed by atoms with Gasteiger partial charge in [-0.1, -0.05) is 12.1 Å². The van der Waals surface area contributed by atoms with E-state index in [1.54, 1.807) is 12.1 Å². The molecule has 2 aromatic heterocycles. The highest BCUT2D eigenvalue weighted by Crippen LogP contribution is 2.21. The Labute approximate surface area is 136 Å². The van der Waals surface area contributed by atoms with Crippen LogP contribution in [0.5, 0.6) is 0 Å². The van der Waals surface area contributed by atoms with E-state index in [0.29, 0.717) is 12.1 Å².